The van der Waals surface area contributed by atoms with Gasteiger partial charge in [0.15, 0.2) is 0 Å². The molecule has 0 radical (unpaired) electrons. The zero-order valence-corrected chi connectivity index (χ0v) is 12.9. The highest BCUT2D eigenvalue weighted by atomic mass is 16.5. The van der Waals surface area contributed by atoms with Crippen LogP contribution < -0.4 is 5.32 Å². The number of aryl methyl sites for hydroxylation is 2. The molecule has 1 aliphatic rings. The minimum Gasteiger partial charge on any atom is -0.372 e. The minimum atomic E-state index is -0.144. The lowest BCUT2D eigenvalue weighted by Crippen LogP contribution is -2.35. The maximum atomic E-state index is 12.1. The summed E-state index contributed by atoms with van der Waals surface area (Å²) in [4.78, 5) is 16.2. The van der Waals surface area contributed by atoms with E-state index in [1.54, 1.807) is 23.3 Å². The van der Waals surface area contributed by atoms with Gasteiger partial charge in [-0.3, -0.25) is 9.48 Å². The number of hydrogen-bond donors (Lipinski definition) is 1. The third-order valence-electron chi connectivity index (χ3n) is 4.06. The first-order valence-corrected chi connectivity index (χ1v) is 7.51. The highest BCUT2D eigenvalue weighted by Crippen LogP contribution is 2.32. The van der Waals surface area contributed by atoms with Crippen LogP contribution in [-0.4, -0.2) is 38.4 Å². The van der Waals surface area contributed by atoms with Crippen LogP contribution in [-0.2, 0) is 18.8 Å². The van der Waals surface area contributed by atoms with Crippen LogP contribution in [0.15, 0.2) is 24.8 Å². The molecule has 2 atom stereocenters. The first-order valence-electron chi connectivity index (χ1n) is 7.51. The molecular weight excluding hydrogens is 282 g/mol. The topological polar surface area (TPSA) is 74.0 Å². The minimum absolute atomic E-state index is 0.0229. The van der Waals surface area contributed by atoms with Gasteiger partial charge in [-0.15, -0.1) is 0 Å². The van der Waals surface area contributed by atoms with Crippen LogP contribution in [0.25, 0.3) is 0 Å². The number of nitrogens with zero attached hydrogens (tertiary/aromatic N) is 4. The van der Waals surface area contributed by atoms with E-state index in [9.17, 15) is 4.79 Å². The Hall–Kier alpha value is -2.15. The van der Waals surface area contributed by atoms with Crippen LogP contribution in [0, 0.1) is 5.92 Å². The molecule has 1 fully saturated rings. The van der Waals surface area contributed by atoms with Crippen LogP contribution >= 0.6 is 0 Å². The molecule has 0 saturated carbocycles. The van der Waals surface area contributed by atoms with E-state index in [2.05, 4.69) is 15.4 Å². The monoisotopic (exact) mass is 303 g/mol. The molecule has 118 valence electrons. The van der Waals surface area contributed by atoms with Gasteiger partial charge < -0.3 is 14.6 Å². The Morgan fingerprint density at radius 2 is 2.36 bits per heavy atom. The standard InChI is InChI=1S/C15H21N5O2/c1-19-9-12(17-10-19)15(21)16-8-11-4-3-7-22-14(11)13-5-6-18-20(13)2/h5-6,9-11,14H,3-4,7-8H2,1-2H3,(H,16,21)/t11-,14+/m0/s1. The number of imidazole rings is 1. The lowest BCUT2D eigenvalue weighted by molar-refractivity contribution is -0.0317. The molecule has 2 aromatic heterocycles. The number of hydrogen-bond acceptors (Lipinski definition) is 4. The average Bonchev–Trinajstić information content (AvgIpc) is 3.14. The Bertz CT molecular complexity index is 648. The van der Waals surface area contributed by atoms with Crippen LogP contribution in [0.5, 0.6) is 0 Å². The number of ether oxygens (including phenoxy) is 1. The smallest absolute Gasteiger partial charge is 0.271 e. The predicted octanol–water partition coefficient (Wildman–Crippen LogP) is 1.05. The van der Waals surface area contributed by atoms with Crippen molar-refractivity contribution in [2.45, 2.75) is 18.9 Å². The van der Waals surface area contributed by atoms with E-state index in [4.69, 9.17) is 4.74 Å². The molecule has 3 heterocycles. The van der Waals surface area contributed by atoms with E-state index in [-0.39, 0.29) is 17.9 Å². The van der Waals surface area contributed by atoms with Gasteiger partial charge in [0.2, 0.25) is 0 Å². The van der Waals surface area contributed by atoms with Crippen LogP contribution in [0.1, 0.15) is 35.1 Å². The largest absolute Gasteiger partial charge is 0.372 e. The van der Waals surface area contributed by atoms with Crippen LogP contribution in [0.3, 0.4) is 0 Å². The SMILES string of the molecule is Cn1cnc(C(=O)NC[C@@H]2CCCO[C@H]2c2ccnn2C)c1. The molecule has 0 spiro atoms. The predicted molar refractivity (Wildman–Crippen MR) is 80.2 cm³/mol. The number of nitrogens with one attached hydrogen (secondary N) is 1. The van der Waals surface area contributed by atoms with Crippen molar-refractivity contribution in [2.24, 2.45) is 20.0 Å². The summed E-state index contributed by atoms with van der Waals surface area (Å²) in [5, 5.41) is 7.18. The van der Waals surface area contributed by atoms with Crippen molar-refractivity contribution in [3.05, 3.63) is 36.2 Å². The van der Waals surface area contributed by atoms with E-state index in [0.717, 1.165) is 25.1 Å². The maximum absolute atomic E-state index is 12.1. The number of carbonyl (C=O) groups excluding carboxylic acids is 1. The zero-order valence-electron chi connectivity index (χ0n) is 12.9. The number of amides is 1. The maximum Gasteiger partial charge on any atom is 0.271 e. The first-order chi connectivity index (χ1) is 10.6. The van der Waals surface area contributed by atoms with Gasteiger partial charge in [-0.25, -0.2) is 4.98 Å². The molecular formula is C15H21N5O2. The summed E-state index contributed by atoms with van der Waals surface area (Å²) in [6.07, 6.45) is 7.13. The molecule has 0 unspecified atom stereocenters. The summed E-state index contributed by atoms with van der Waals surface area (Å²) in [5.41, 5.74) is 1.49. The Labute approximate surface area is 129 Å². The van der Waals surface area contributed by atoms with Crippen molar-refractivity contribution in [3.63, 3.8) is 0 Å². The summed E-state index contributed by atoms with van der Waals surface area (Å²) in [5.74, 6) is 0.103. The summed E-state index contributed by atoms with van der Waals surface area (Å²) < 4.78 is 9.52. The van der Waals surface area contributed by atoms with Crippen molar-refractivity contribution in [1.82, 2.24) is 24.6 Å². The fourth-order valence-electron chi connectivity index (χ4n) is 2.89. The molecule has 1 N–H and O–H groups in total. The first kappa shape index (κ1) is 14.8. The van der Waals surface area contributed by atoms with Gasteiger partial charge in [0.25, 0.3) is 5.91 Å². The van der Waals surface area contributed by atoms with Crippen molar-refractivity contribution in [1.29, 1.82) is 0 Å². The number of carbonyl (C=O) groups is 1. The second kappa shape index (κ2) is 6.31. The second-order valence-corrected chi connectivity index (χ2v) is 5.71. The highest BCUT2D eigenvalue weighted by Gasteiger charge is 2.29. The molecule has 2 aromatic rings. The number of rotatable bonds is 4. The highest BCUT2D eigenvalue weighted by molar-refractivity contribution is 5.91. The van der Waals surface area contributed by atoms with Gasteiger partial charge in [0.05, 0.1) is 12.0 Å². The summed E-state index contributed by atoms with van der Waals surface area (Å²) in [6, 6.07) is 1.98. The van der Waals surface area contributed by atoms with Gasteiger partial charge >= 0.3 is 0 Å². The molecule has 22 heavy (non-hydrogen) atoms. The third-order valence-corrected chi connectivity index (χ3v) is 4.06. The summed E-state index contributed by atoms with van der Waals surface area (Å²) in [6.45, 7) is 1.33. The van der Waals surface area contributed by atoms with Gasteiger partial charge in [0, 0.05) is 45.6 Å². The van der Waals surface area contributed by atoms with E-state index in [0.29, 0.717) is 12.2 Å². The van der Waals surface area contributed by atoms with E-state index in [1.165, 1.54) is 0 Å². The summed E-state index contributed by atoms with van der Waals surface area (Å²) in [7, 11) is 3.76. The number of aromatic nitrogens is 4. The quantitative estimate of drug-likeness (QED) is 0.916. The van der Waals surface area contributed by atoms with Gasteiger partial charge in [-0.05, 0) is 18.9 Å². The van der Waals surface area contributed by atoms with Gasteiger partial charge in [0.1, 0.15) is 11.8 Å². The molecule has 7 heteroatoms. The zero-order chi connectivity index (χ0) is 15.5. The molecule has 7 nitrogen and oxygen atoms in total. The Morgan fingerprint density at radius 3 is 3.05 bits per heavy atom. The fraction of sp³-hybridized carbons (Fsp3) is 0.533. The molecule has 0 bridgehead atoms. The second-order valence-electron chi connectivity index (χ2n) is 5.71. The molecule has 1 saturated heterocycles. The normalized spacial score (nSPS) is 21.7. The van der Waals surface area contributed by atoms with E-state index < -0.39 is 0 Å². The molecule has 3 rings (SSSR count). The van der Waals surface area contributed by atoms with Crippen molar-refractivity contribution >= 4 is 5.91 Å². The van der Waals surface area contributed by atoms with Crippen molar-refractivity contribution in [3.8, 4) is 0 Å². The summed E-state index contributed by atoms with van der Waals surface area (Å²) >= 11 is 0. The molecule has 0 aliphatic carbocycles. The van der Waals surface area contributed by atoms with E-state index >= 15 is 0 Å². The Balaban J connectivity index is 1.65. The lowest BCUT2D eigenvalue weighted by atomic mass is 9.92. The van der Waals surface area contributed by atoms with Gasteiger partial charge in [-0.1, -0.05) is 0 Å². The lowest BCUT2D eigenvalue weighted by Gasteiger charge is -2.31. The third kappa shape index (κ3) is 3.04. The van der Waals surface area contributed by atoms with Crippen LogP contribution in [0.2, 0.25) is 0 Å². The molecule has 0 aromatic carbocycles. The average molecular weight is 303 g/mol. The molecule has 1 aliphatic heterocycles. The Morgan fingerprint density at radius 1 is 1.50 bits per heavy atom. The van der Waals surface area contributed by atoms with Crippen molar-refractivity contribution in [2.75, 3.05) is 13.2 Å². The van der Waals surface area contributed by atoms with Gasteiger partial charge in [-0.2, -0.15) is 5.10 Å². The fourth-order valence-corrected chi connectivity index (χ4v) is 2.89. The van der Waals surface area contributed by atoms with E-state index in [1.807, 2.05) is 24.8 Å². The van der Waals surface area contributed by atoms with Crippen molar-refractivity contribution < 1.29 is 9.53 Å². The Kier molecular flexibility index (Phi) is 4.24. The molecule has 1 amide bonds. The van der Waals surface area contributed by atoms with Crippen LogP contribution in [0.4, 0.5) is 0 Å².